The van der Waals surface area contributed by atoms with Crippen molar-refractivity contribution in [3.05, 3.63) is 63.7 Å². The fourth-order valence-corrected chi connectivity index (χ4v) is 2.53. The molecule has 0 aliphatic rings. The Balaban J connectivity index is 2.50. The van der Waals surface area contributed by atoms with Gasteiger partial charge in [0.05, 0.1) is 18.3 Å². The molecule has 2 rings (SSSR count). The fraction of sp³-hybridized carbons (Fsp3) is 0.222. The minimum absolute atomic E-state index is 0.148. The summed E-state index contributed by atoms with van der Waals surface area (Å²) in [5, 5.41) is 13.2. The zero-order valence-electron chi connectivity index (χ0n) is 14.2. The number of hydrogen-bond acceptors (Lipinski definition) is 6. The average molecular weight is 391 g/mol. The van der Waals surface area contributed by atoms with E-state index in [-0.39, 0.29) is 29.1 Å². The highest BCUT2D eigenvalue weighted by molar-refractivity contribution is 6.31. The number of rotatable bonds is 6. The summed E-state index contributed by atoms with van der Waals surface area (Å²) in [4.78, 5) is 20.3. The van der Waals surface area contributed by atoms with Crippen LogP contribution < -0.4 is 5.32 Å². The van der Waals surface area contributed by atoms with Crippen molar-refractivity contribution < 1.29 is 9.53 Å². The number of pyridine rings is 2. The van der Waals surface area contributed by atoms with Crippen LogP contribution in [0.5, 0.6) is 0 Å². The van der Waals surface area contributed by atoms with Crippen LogP contribution in [0.4, 0.5) is 0 Å². The van der Waals surface area contributed by atoms with Crippen LogP contribution in [0, 0.1) is 11.3 Å². The molecule has 26 heavy (non-hydrogen) atoms. The van der Waals surface area contributed by atoms with E-state index in [4.69, 9.17) is 27.9 Å². The summed E-state index contributed by atoms with van der Waals surface area (Å²) in [5.74, 6) is -0.737. The van der Waals surface area contributed by atoms with E-state index in [1.54, 1.807) is 37.4 Å². The molecule has 0 spiro atoms. The molecule has 0 fully saturated rings. The van der Waals surface area contributed by atoms with E-state index in [9.17, 15) is 10.1 Å². The number of nitrogens with one attached hydrogen (secondary N) is 1. The Morgan fingerprint density at radius 2 is 2.12 bits per heavy atom. The molecular weight excluding hydrogens is 375 g/mol. The standard InChI is InChI=1S/C18H16Cl2N4O2/c1-3-26-18(25)14(9-21)16(13-5-4-8-22-17(13)20)24-11(2)12-6-7-15(19)23-10-12/h4-8,10-11,24H,3H2,1-2H3/b16-14-. The van der Waals surface area contributed by atoms with E-state index in [2.05, 4.69) is 15.3 Å². The Morgan fingerprint density at radius 1 is 1.35 bits per heavy atom. The molecule has 0 saturated carbocycles. The predicted molar refractivity (Wildman–Crippen MR) is 99.2 cm³/mol. The van der Waals surface area contributed by atoms with Crippen LogP contribution in [-0.4, -0.2) is 22.5 Å². The Hall–Kier alpha value is -2.62. The maximum atomic E-state index is 12.2. The number of nitriles is 1. The SMILES string of the molecule is CCOC(=O)/C(C#N)=C(\NC(C)c1ccc(Cl)nc1)c1cccnc1Cl. The molecule has 0 aliphatic heterocycles. The van der Waals surface area contributed by atoms with E-state index >= 15 is 0 Å². The lowest BCUT2D eigenvalue weighted by atomic mass is 10.1. The minimum Gasteiger partial charge on any atom is -0.462 e. The van der Waals surface area contributed by atoms with Crippen LogP contribution in [0.15, 0.2) is 42.2 Å². The third-order valence-corrected chi connectivity index (χ3v) is 4.01. The summed E-state index contributed by atoms with van der Waals surface area (Å²) in [6.07, 6.45) is 3.13. The summed E-state index contributed by atoms with van der Waals surface area (Å²) in [7, 11) is 0. The van der Waals surface area contributed by atoms with Crippen LogP contribution in [-0.2, 0) is 9.53 Å². The van der Waals surface area contributed by atoms with Crippen LogP contribution in [0.1, 0.15) is 31.0 Å². The van der Waals surface area contributed by atoms with E-state index in [1.807, 2.05) is 13.0 Å². The normalized spacial score (nSPS) is 12.6. The summed E-state index contributed by atoms with van der Waals surface area (Å²) in [5.41, 5.74) is 1.29. The van der Waals surface area contributed by atoms with Gasteiger partial charge in [-0.2, -0.15) is 5.26 Å². The zero-order valence-corrected chi connectivity index (χ0v) is 15.7. The molecule has 0 amide bonds. The topological polar surface area (TPSA) is 87.9 Å². The number of carbonyl (C=O) groups is 1. The van der Waals surface area contributed by atoms with Gasteiger partial charge >= 0.3 is 5.97 Å². The van der Waals surface area contributed by atoms with Gasteiger partial charge in [-0.1, -0.05) is 29.3 Å². The third kappa shape index (κ3) is 4.72. The second kappa shape index (κ2) is 9.18. The van der Waals surface area contributed by atoms with Crippen molar-refractivity contribution in [2.45, 2.75) is 19.9 Å². The Labute approximate surface area is 161 Å². The van der Waals surface area contributed by atoms with Crippen LogP contribution >= 0.6 is 23.2 Å². The first kappa shape index (κ1) is 19.7. The summed E-state index contributed by atoms with van der Waals surface area (Å²) in [6, 6.07) is 8.40. The zero-order chi connectivity index (χ0) is 19.1. The highest BCUT2D eigenvalue weighted by Crippen LogP contribution is 2.26. The van der Waals surface area contributed by atoms with Crippen LogP contribution in [0.25, 0.3) is 5.70 Å². The molecule has 1 N–H and O–H groups in total. The van der Waals surface area contributed by atoms with Gasteiger partial charge in [-0.3, -0.25) is 0 Å². The summed E-state index contributed by atoms with van der Waals surface area (Å²) in [6.45, 7) is 3.67. The van der Waals surface area contributed by atoms with Gasteiger partial charge in [-0.05, 0) is 37.6 Å². The molecule has 2 aromatic heterocycles. The number of ether oxygens (including phenoxy) is 1. The molecule has 0 saturated heterocycles. The molecular formula is C18H16Cl2N4O2. The van der Waals surface area contributed by atoms with Gasteiger partial charge in [0.1, 0.15) is 16.4 Å². The maximum absolute atomic E-state index is 12.2. The first-order chi connectivity index (χ1) is 12.5. The van der Waals surface area contributed by atoms with Crippen molar-refractivity contribution in [3.8, 4) is 6.07 Å². The van der Waals surface area contributed by atoms with Crippen molar-refractivity contribution in [2.75, 3.05) is 6.61 Å². The molecule has 0 radical (unpaired) electrons. The highest BCUT2D eigenvalue weighted by atomic mass is 35.5. The molecule has 8 heteroatoms. The van der Waals surface area contributed by atoms with Gasteiger partial charge in [-0.15, -0.1) is 0 Å². The van der Waals surface area contributed by atoms with Crippen LogP contribution in [0.3, 0.4) is 0 Å². The number of nitrogens with zero attached hydrogens (tertiary/aromatic N) is 3. The molecule has 0 aliphatic carbocycles. The second-order valence-electron chi connectivity index (χ2n) is 5.20. The van der Waals surface area contributed by atoms with Crippen molar-refractivity contribution in [1.29, 1.82) is 5.26 Å². The van der Waals surface area contributed by atoms with Gasteiger partial charge < -0.3 is 10.1 Å². The number of aromatic nitrogens is 2. The molecule has 0 bridgehead atoms. The Morgan fingerprint density at radius 3 is 2.69 bits per heavy atom. The van der Waals surface area contributed by atoms with Gasteiger partial charge in [-0.25, -0.2) is 14.8 Å². The van der Waals surface area contributed by atoms with E-state index in [0.29, 0.717) is 10.7 Å². The quantitative estimate of drug-likeness (QED) is 0.347. The maximum Gasteiger partial charge on any atom is 0.351 e. The van der Waals surface area contributed by atoms with Crippen molar-refractivity contribution in [2.24, 2.45) is 0 Å². The molecule has 0 aromatic carbocycles. The second-order valence-corrected chi connectivity index (χ2v) is 5.95. The molecule has 134 valence electrons. The minimum atomic E-state index is -0.737. The molecule has 1 unspecified atom stereocenters. The Bertz CT molecular complexity index is 860. The third-order valence-electron chi connectivity index (χ3n) is 3.48. The number of carbonyl (C=O) groups excluding carboxylic acids is 1. The molecule has 1 atom stereocenters. The van der Waals surface area contributed by atoms with Gasteiger partial charge in [0, 0.05) is 18.0 Å². The first-order valence-electron chi connectivity index (χ1n) is 7.78. The predicted octanol–water partition coefficient (Wildman–Crippen LogP) is 3.93. The highest BCUT2D eigenvalue weighted by Gasteiger charge is 2.22. The smallest absolute Gasteiger partial charge is 0.351 e. The van der Waals surface area contributed by atoms with Crippen molar-refractivity contribution in [3.63, 3.8) is 0 Å². The number of halogens is 2. The van der Waals surface area contributed by atoms with Crippen molar-refractivity contribution in [1.82, 2.24) is 15.3 Å². The summed E-state index contributed by atoms with van der Waals surface area (Å²) < 4.78 is 4.99. The lowest BCUT2D eigenvalue weighted by Crippen LogP contribution is -2.22. The lowest BCUT2D eigenvalue weighted by molar-refractivity contribution is -0.137. The Kier molecular flexibility index (Phi) is 6.96. The number of hydrogen-bond donors (Lipinski definition) is 1. The van der Waals surface area contributed by atoms with Gasteiger partial charge in [0.15, 0.2) is 5.57 Å². The monoisotopic (exact) mass is 390 g/mol. The van der Waals surface area contributed by atoms with E-state index in [0.717, 1.165) is 5.56 Å². The molecule has 2 heterocycles. The van der Waals surface area contributed by atoms with Gasteiger partial charge in [0.2, 0.25) is 0 Å². The number of esters is 1. The lowest BCUT2D eigenvalue weighted by Gasteiger charge is -2.20. The van der Waals surface area contributed by atoms with Crippen molar-refractivity contribution >= 4 is 34.9 Å². The fourth-order valence-electron chi connectivity index (χ4n) is 2.21. The first-order valence-corrected chi connectivity index (χ1v) is 8.53. The van der Waals surface area contributed by atoms with E-state index in [1.165, 1.54) is 6.20 Å². The molecule has 6 nitrogen and oxygen atoms in total. The van der Waals surface area contributed by atoms with Crippen LogP contribution in [0.2, 0.25) is 10.3 Å². The summed E-state index contributed by atoms with van der Waals surface area (Å²) >= 11 is 12.0. The largest absolute Gasteiger partial charge is 0.462 e. The average Bonchev–Trinajstić information content (AvgIpc) is 2.62. The molecule has 2 aromatic rings. The van der Waals surface area contributed by atoms with Gasteiger partial charge in [0.25, 0.3) is 0 Å². The van der Waals surface area contributed by atoms with E-state index < -0.39 is 5.97 Å².